The molecule has 0 radical (unpaired) electrons. The van der Waals surface area contributed by atoms with Crippen LogP contribution >= 0.6 is 15.9 Å². The van der Waals surface area contributed by atoms with Crippen molar-refractivity contribution in [2.75, 3.05) is 12.4 Å². The van der Waals surface area contributed by atoms with Gasteiger partial charge >= 0.3 is 5.97 Å². The maximum Gasteiger partial charge on any atom is 0.337 e. The van der Waals surface area contributed by atoms with E-state index in [0.29, 0.717) is 17.3 Å². The second kappa shape index (κ2) is 5.92. The summed E-state index contributed by atoms with van der Waals surface area (Å²) >= 11 is 3.39. The molecule has 0 saturated carbocycles. The minimum atomic E-state index is -0.981. The maximum atomic E-state index is 10.9. The molecule has 1 aromatic heterocycles. The van der Waals surface area contributed by atoms with Crippen molar-refractivity contribution in [3.05, 3.63) is 46.1 Å². The van der Waals surface area contributed by atoms with Crippen molar-refractivity contribution in [2.45, 2.75) is 6.92 Å². The number of carboxylic acid groups (broad SMARTS) is 1. The topological polar surface area (TPSA) is 71.5 Å². The molecule has 5 nitrogen and oxygen atoms in total. The van der Waals surface area contributed by atoms with E-state index in [1.54, 1.807) is 20.1 Å². The smallest absolute Gasteiger partial charge is 0.337 e. The zero-order valence-corrected chi connectivity index (χ0v) is 12.6. The van der Waals surface area contributed by atoms with Crippen molar-refractivity contribution >= 4 is 33.4 Å². The third-order valence-corrected chi connectivity index (χ3v) is 3.15. The van der Waals surface area contributed by atoms with Crippen LogP contribution in [0.3, 0.4) is 0 Å². The van der Waals surface area contributed by atoms with Gasteiger partial charge in [-0.3, -0.25) is 0 Å². The van der Waals surface area contributed by atoms with Gasteiger partial charge < -0.3 is 15.2 Å². The zero-order chi connectivity index (χ0) is 14.7. The van der Waals surface area contributed by atoms with E-state index in [4.69, 9.17) is 9.84 Å². The van der Waals surface area contributed by atoms with E-state index in [9.17, 15) is 4.79 Å². The van der Waals surface area contributed by atoms with Crippen LogP contribution in [0.1, 0.15) is 16.1 Å². The van der Waals surface area contributed by atoms with Gasteiger partial charge in [0.15, 0.2) is 0 Å². The molecule has 0 aliphatic rings. The molecule has 1 heterocycles. The Morgan fingerprint density at radius 2 is 2.10 bits per heavy atom. The molecule has 0 fully saturated rings. The van der Waals surface area contributed by atoms with Gasteiger partial charge in [-0.05, 0) is 31.2 Å². The van der Waals surface area contributed by atoms with Crippen LogP contribution < -0.4 is 10.1 Å². The van der Waals surface area contributed by atoms with Gasteiger partial charge in [0.1, 0.15) is 11.6 Å². The van der Waals surface area contributed by atoms with E-state index in [1.807, 2.05) is 18.2 Å². The summed E-state index contributed by atoms with van der Waals surface area (Å²) in [6.07, 6.45) is 0. The Balaban J connectivity index is 2.28. The molecule has 0 aliphatic heterocycles. The number of anilines is 2. The van der Waals surface area contributed by atoms with Crippen molar-refractivity contribution in [1.82, 2.24) is 4.98 Å². The number of ether oxygens (including phenoxy) is 1. The molecule has 2 N–H and O–H groups in total. The number of pyridine rings is 1. The first kappa shape index (κ1) is 14.3. The second-order valence-electron chi connectivity index (χ2n) is 4.14. The Morgan fingerprint density at radius 3 is 2.70 bits per heavy atom. The van der Waals surface area contributed by atoms with E-state index in [-0.39, 0.29) is 5.56 Å². The van der Waals surface area contributed by atoms with E-state index in [1.165, 1.54) is 6.07 Å². The zero-order valence-electron chi connectivity index (χ0n) is 11.0. The van der Waals surface area contributed by atoms with Crippen molar-refractivity contribution < 1.29 is 14.6 Å². The average molecular weight is 337 g/mol. The molecule has 0 spiro atoms. The van der Waals surface area contributed by atoms with Gasteiger partial charge in [0, 0.05) is 16.2 Å². The normalized spacial score (nSPS) is 10.2. The summed E-state index contributed by atoms with van der Waals surface area (Å²) in [5.74, 6) is 0.305. The first-order valence-corrected chi connectivity index (χ1v) is 6.61. The average Bonchev–Trinajstić information content (AvgIpc) is 2.37. The van der Waals surface area contributed by atoms with Crippen LogP contribution in [-0.4, -0.2) is 23.2 Å². The van der Waals surface area contributed by atoms with Gasteiger partial charge in [-0.2, -0.15) is 0 Å². The van der Waals surface area contributed by atoms with E-state index >= 15 is 0 Å². The molecule has 104 valence electrons. The lowest BCUT2D eigenvalue weighted by Gasteiger charge is -2.10. The highest BCUT2D eigenvalue weighted by atomic mass is 79.9. The number of carbonyl (C=O) groups is 1. The number of nitrogens with zero attached hydrogens (tertiary/aromatic N) is 1. The summed E-state index contributed by atoms with van der Waals surface area (Å²) in [7, 11) is 1.59. The summed E-state index contributed by atoms with van der Waals surface area (Å²) < 4.78 is 6.05. The standard InChI is InChI=1S/C14H13BrN2O3/c1-8-12(14(18)19)3-4-13(16-8)17-10-5-9(15)6-11(7-10)20-2/h3-7H,1-2H3,(H,16,17)(H,18,19). The predicted molar refractivity (Wildman–Crippen MR) is 79.9 cm³/mol. The molecule has 0 aliphatic carbocycles. The molecule has 20 heavy (non-hydrogen) atoms. The number of hydrogen-bond donors (Lipinski definition) is 2. The van der Waals surface area contributed by atoms with Gasteiger partial charge in [-0.1, -0.05) is 15.9 Å². The van der Waals surface area contributed by atoms with Crippen molar-refractivity contribution in [2.24, 2.45) is 0 Å². The number of carboxylic acids is 1. The number of nitrogens with one attached hydrogen (secondary N) is 1. The molecule has 0 amide bonds. The molecule has 6 heteroatoms. The number of benzene rings is 1. The molecule has 0 saturated heterocycles. The fourth-order valence-electron chi connectivity index (χ4n) is 1.76. The molecular formula is C14H13BrN2O3. The van der Waals surface area contributed by atoms with Crippen LogP contribution in [0, 0.1) is 6.92 Å². The number of aromatic carboxylic acids is 1. The lowest BCUT2D eigenvalue weighted by atomic mass is 10.2. The summed E-state index contributed by atoms with van der Waals surface area (Å²) in [4.78, 5) is 15.2. The summed E-state index contributed by atoms with van der Waals surface area (Å²) in [6.45, 7) is 1.66. The van der Waals surface area contributed by atoms with Crippen LogP contribution in [0.5, 0.6) is 5.75 Å². The van der Waals surface area contributed by atoms with Crippen molar-refractivity contribution in [3.63, 3.8) is 0 Å². The van der Waals surface area contributed by atoms with Gasteiger partial charge in [0.05, 0.1) is 18.4 Å². The predicted octanol–water partition coefficient (Wildman–Crippen LogP) is 3.60. The lowest BCUT2D eigenvalue weighted by Crippen LogP contribution is -2.03. The van der Waals surface area contributed by atoms with Crippen LogP contribution in [0.2, 0.25) is 0 Å². The number of aryl methyl sites for hydroxylation is 1. The molecule has 0 bridgehead atoms. The fraction of sp³-hybridized carbons (Fsp3) is 0.143. The fourth-order valence-corrected chi connectivity index (χ4v) is 2.23. The number of hydrogen-bond acceptors (Lipinski definition) is 4. The number of methoxy groups -OCH3 is 1. The molecule has 0 unspecified atom stereocenters. The third kappa shape index (κ3) is 3.27. The van der Waals surface area contributed by atoms with Gasteiger partial charge in [-0.25, -0.2) is 9.78 Å². The van der Waals surface area contributed by atoms with E-state index in [0.717, 1.165) is 10.2 Å². The van der Waals surface area contributed by atoms with Crippen LogP contribution in [-0.2, 0) is 0 Å². The monoisotopic (exact) mass is 336 g/mol. The van der Waals surface area contributed by atoms with Crippen LogP contribution in [0.25, 0.3) is 0 Å². The Kier molecular flexibility index (Phi) is 4.24. The molecule has 2 aromatic rings. The maximum absolute atomic E-state index is 10.9. The first-order valence-electron chi connectivity index (χ1n) is 5.82. The third-order valence-electron chi connectivity index (χ3n) is 2.70. The Hall–Kier alpha value is -2.08. The Morgan fingerprint density at radius 1 is 1.35 bits per heavy atom. The Labute approximate surface area is 124 Å². The Bertz CT molecular complexity index is 659. The second-order valence-corrected chi connectivity index (χ2v) is 5.06. The van der Waals surface area contributed by atoms with Crippen molar-refractivity contribution in [1.29, 1.82) is 0 Å². The SMILES string of the molecule is COc1cc(Br)cc(Nc2ccc(C(=O)O)c(C)n2)c1. The molecule has 0 atom stereocenters. The van der Waals surface area contributed by atoms with Gasteiger partial charge in [-0.15, -0.1) is 0 Å². The highest BCUT2D eigenvalue weighted by Crippen LogP contribution is 2.26. The minimum absolute atomic E-state index is 0.197. The first-order chi connectivity index (χ1) is 9.49. The van der Waals surface area contributed by atoms with Gasteiger partial charge in [0.25, 0.3) is 0 Å². The van der Waals surface area contributed by atoms with Crippen molar-refractivity contribution in [3.8, 4) is 5.75 Å². The molecular weight excluding hydrogens is 324 g/mol. The summed E-state index contributed by atoms with van der Waals surface area (Å²) in [5.41, 5.74) is 1.46. The van der Waals surface area contributed by atoms with E-state index in [2.05, 4.69) is 26.2 Å². The molecule has 1 aromatic carbocycles. The van der Waals surface area contributed by atoms with Crippen LogP contribution in [0.4, 0.5) is 11.5 Å². The number of halogens is 1. The quantitative estimate of drug-likeness (QED) is 0.892. The number of rotatable bonds is 4. The number of aromatic nitrogens is 1. The van der Waals surface area contributed by atoms with E-state index < -0.39 is 5.97 Å². The highest BCUT2D eigenvalue weighted by molar-refractivity contribution is 9.10. The highest BCUT2D eigenvalue weighted by Gasteiger charge is 2.09. The van der Waals surface area contributed by atoms with Gasteiger partial charge in [0.2, 0.25) is 0 Å². The lowest BCUT2D eigenvalue weighted by molar-refractivity contribution is 0.0695. The molecule has 2 rings (SSSR count). The summed E-state index contributed by atoms with van der Waals surface area (Å²) in [6, 6.07) is 8.71. The minimum Gasteiger partial charge on any atom is -0.497 e. The van der Waals surface area contributed by atoms with Crippen LogP contribution in [0.15, 0.2) is 34.8 Å². The largest absolute Gasteiger partial charge is 0.497 e. The summed E-state index contributed by atoms with van der Waals surface area (Å²) in [5, 5.41) is 12.1.